The summed E-state index contributed by atoms with van der Waals surface area (Å²) in [6.07, 6.45) is 29.8. The number of hydrogen-bond donors (Lipinski definition) is 0. The predicted molar refractivity (Wildman–Crippen MR) is 238 cm³/mol. The van der Waals surface area contributed by atoms with Gasteiger partial charge in [0.15, 0.2) is 0 Å². The summed E-state index contributed by atoms with van der Waals surface area (Å²) in [4.78, 5) is 5.26. The molecule has 0 saturated heterocycles. The van der Waals surface area contributed by atoms with Gasteiger partial charge in [0.25, 0.3) is 0 Å². The van der Waals surface area contributed by atoms with Crippen LogP contribution in [0.2, 0.25) is 0 Å². The predicted octanol–water partition coefficient (Wildman–Crippen LogP) is 16.6. The zero-order valence-corrected chi connectivity index (χ0v) is 35.9. The van der Waals surface area contributed by atoms with Gasteiger partial charge in [-0.25, -0.2) is 0 Å². The lowest BCUT2D eigenvalue weighted by molar-refractivity contribution is 0.556. The molecule has 4 aromatic heterocycles. The van der Waals surface area contributed by atoms with Gasteiger partial charge in [-0.2, -0.15) is 0 Å². The molecule has 1 aromatic carbocycles. The molecule has 0 amide bonds. The van der Waals surface area contributed by atoms with Crippen LogP contribution < -0.4 is 0 Å². The van der Waals surface area contributed by atoms with Crippen molar-refractivity contribution in [3.63, 3.8) is 0 Å². The number of unbranched alkanes of at least 4 members (excludes halogenated alkanes) is 18. The van der Waals surface area contributed by atoms with Crippen molar-refractivity contribution in [2.75, 3.05) is 0 Å². The van der Waals surface area contributed by atoms with Crippen molar-refractivity contribution in [1.82, 2.24) is 0 Å². The van der Waals surface area contributed by atoms with Crippen LogP contribution in [-0.2, 0) is 12.8 Å². The Hall–Kier alpha value is -2.34. The highest BCUT2D eigenvalue weighted by Crippen LogP contribution is 2.38. The van der Waals surface area contributed by atoms with Crippen LogP contribution in [0.5, 0.6) is 0 Å². The Morgan fingerprint density at radius 3 is 1.15 bits per heavy atom. The first-order chi connectivity index (χ1) is 25.6. The summed E-state index contributed by atoms with van der Waals surface area (Å²) in [6.45, 7) is 9.06. The first kappa shape index (κ1) is 40.8. The van der Waals surface area contributed by atoms with Gasteiger partial charge in [0, 0.05) is 20.5 Å². The molecule has 0 bridgehead atoms. The molecule has 0 aliphatic heterocycles. The van der Waals surface area contributed by atoms with Crippen LogP contribution in [0.3, 0.4) is 0 Å². The summed E-state index contributed by atoms with van der Waals surface area (Å²) in [7, 11) is 0. The molecule has 0 atom stereocenters. The summed E-state index contributed by atoms with van der Waals surface area (Å²) in [6, 6.07) is 9.31. The Labute approximate surface area is 332 Å². The average molecular weight is 767 g/mol. The van der Waals surface area contributed by atoms with E-state index in [1.807, 2.05) is 45.3 Å². The molecule has 0 radical (unpaired) electrons. The van der Waals surface area contributed by atoms with E-state index in [2.05, 4.69) is 86.4 Å². The summed E-state index contributed by atoms with van der Waals surface area (Å²) >= 11 is 7.36. The van der Waals surface area contributed by atoms with Crippen molar-refractivity contribution >= 4 is 65.5 Å². The van der Waals surface area contributed by atoms with Gasteiger partial charge in [-0.3, -0.25) is 0 Å². The van der Waals surface area contributed by atoms with Crippen LogP contribution in [0.15, 0.2) is 35.0 Å². The SMILES string of the molecule is CCCCCCCCCCCCc1cc(C)sc1C#Cc1c2ccsc2c(C#Cc2sc(C)cc2CCCCCCCCCCCC)c2ccsc12. The first-order valence-electron chi connectivity index (χ1n) is 20.7. The second-order valence-electron chi connectivity index (χ2n) is 14.9. The Morgan fingerprint density at radius 2 is 0.788 bits per heavy atom. The number of rotatable bonds is 22. The highest BCUT2D eigenvalue weighted by Gasteiger charge is 2.15. The number of aryl methyl sites for hydroxylation is 4. The normalized spacial score (nSPS) is 11.3. The molecule has 0 saturated carbocycles. The van der Waals surface area contributed by atoms with Gasteiger partial charge >= 0.3 is 0 Å². The van der Waals surface area contributed by atoms with Gasteiger partial charge in [-0.1, -0.05) is 153 Å². The summed E-state index contributed by atoms with van der Waals surface area (Å²) in [5.41, 5.74) is 5.24. The van der Waals surface area contributed by atoms with Crippen molar-refractivity contribution in [2.24, 2.45) is 0 Å². The van der Waals surface area contributed by atoms with Gasteiger partial charge in [-0.15, -0.1) is 45.3 Å². The Bertz CT molecular complexity index is 1730. The van der Waals surface area contributed by atoms with E-state index in [1.165, 1.54) is 190 Å². The molecule has 52 heavy (non-hydrogen) atoms. The number of thiophene rings is 4. The molecule has 0 aliphatic carbocycles. The van der Waals surface area contributed by atoms with E-state index in [1.54, 1.807) is 0 Å². The fourth-order valence-electron chi connectivity index (χ4n) is 7.45. The quantitative estimate of drug-likeness (QED) is 0.0486. The highest BCUT2D eigenvalue weighted by molar-refractivity contribution is 7.19. The fourth-order valence-corrected chi connectivity index (χ4v) is 11.1. The van der Waals surface area contributed by atoms with Gasteiger partial charge in [-0.05, 0) is 85.7 Å². The van der Waals surface area contributed by atoms with Crippen LogP contribution in [-0.4, -0.2) is 0 Å². The van der Waals surface area contributed by atoms with Gasteiger partial charge < -0.3 is 0 Å². The smallest absolute Gasteiger partial charge is 0.0806 e. The number of benzene rings is 1. The van der Waals surface area contributed by atoms with Gasteiger partial charge in [0.05, 0.1) is 30.3 Å². The molecule has 0 fully saturated rings. The topological polar surface area (TPSA) is 0 Å². The van der Waals surface area contributed by atoms with Crippen molar-refractivity contribution in [3.05, 3.63) is 76.8 Å². The van der Waals surface area contributed by atoms with Crippen molar-refractivity contribution < 1.29 is 0 Å². The molecule has 0 unspecified atom stereocenters. The second-order valence-corrected chi connectivity index (χ2v) is 19.2. The average Bonchev–Trinajstić information content (AvgIpc) is 3.95. The molecular formula is C48H62S4. The van der Waals surface area contributed by atoms with Crippen LogP contribution in [0.1, 0.15) is 184 Å². The lowest BCUT2D eigenvalue weighted by atomic mass is 10.0. The zero-order valence-electron chi connectivity index (χ0n) is 32.7. The molecule has 0 aliphatic rings. The maximum Gasteiger partial charge on any atom is 0.0806 e. The van der Waals surface area contributed by atoms with Gasteiger partial charge in [0.1, 0.15) is 0 Å². The minimum Gasteiger partial charge on any atom is -0.142 e. The number of hydrogen-bond acceptors (Lipinski definition) is 4. The summed E-state index contributed by atoms with van der Waals surface area (Å²) in [5, 5.41) is 6.97. The molecule has 4 heteroatoms. The van der Waals surface area contributed by atoms with E-state index in [0.717, 1.165) is 12.8 Å². The molecule has 5 rings (SSSR count). The molecule has 0 N–H and O–H groups in total. The molecule has 5 aromatic rings. The number of fused-ring (bicyclic) bond motifs is 2. The maximum atomic E-state index is 3.71. The molecule has 0 spiro atoms. The minimum atomic E-state index is 1.14. The lowest BCUT2D eigenvalue weighted by Gasteiger charge is -2.04. The largest absolute Gasteiger partial charge is 0.142 e. The fraction of sp³-hybridized carbons (Fsp3) is 0.542. The summed E-state index contributed by atoms with van der Waals surface area (Å²) < 4.78 is 2.56. The Balaban J connectivity index is 1.23. The second kappa shape index (κ2) is 22.8. The third-order valence-electron chi connectivity index (χ3n) is 10.4. The Morgan fingerprint density at radius 1 is 0.442 bits per heavy atom. The Kier molecular flexibility index (Phi) is 17.9. The van der Waals surface area contributed by atoms with Crippen LogP contribution in [0.4, 0.5) is 0 Å². The van der Waals surface area contributed by atoms with E-state index in [-0.39, 0.29) is 0 Å². The van der Waals surface area contributed by atoms with Crippen LogP contribution in [0.25, 0.3) is 20.2 Å². The van der Waals surface area contributed by atoms with Crippen molar-refractivity contribution in [1.29, 1.82) is 0 Å². The van der Waals surface area contributed by atoms with Crippen LogP contribution in [0, 0.1) is 37.5 Å². The first-order valence-corrected chi connectivity index (χ1v) is 24.1. The third kappa shape index (κ3) is 12.4. The molecule has 0 nitrogen and oxygen atoms in total. The zero-order chi connectivity index (χ0) is 36.4. The third-order valence-corrected chi connectivity index (χ3v) is 14.3. The van der Waals surface area contributed by atoms with E-state index >= 15 is 0 Å². The molecule has 278 valence electrons. The maximum absolute atomic E-state index is 3.71. The van der Waals surface area contributed by atoms with Crippen molar-refractivity contribution in [2.45, 2.75) is 169 Å². The molecule has 4 heterocycles. The van der Waals surface area contributed by atoms with E-state index in [0.29, 0.717) is 0 Å². The standard InChI is InChI=1S/C48H62S4/c1-5-7-9-11-13-15-17-19-21-23-25-39-35-37(3)51-45(39)29-27-41-43-31-33-50-48(43)42(44-32-34-49-47(41)44)28-30-46-40(36-38(4)52-46)26-24-22-20-18-16-14-12-10-8-6-2/h31-36H,5-26H2,1-4H3. The van der Waals surface area contributed by atoms with E-state index in [4.69, 9.17) is 0 Å². The minimum absolute atomic E-state index is 1.14. The van der Waals surface area contributed by atoms with E-state index in [9.17, 15) is 0 Å². The summed E-state index contributed by atoms with van der Waals surface area (Å²) in [5.74, 6) is 14.8. The lowest BCUT2D eigenvalue weighted by Crippen LogP contribution is -1.88. The highest BCUT2D eigenvalue weighted by atomic mass is 32.1. The van der Waals surface area contributed by atoms with E-state index < -0.39 is 0 Å². The van der Waals surface area contributed by atoms with Gasteiger partial charge in [0.2, 0.25) is 0 Å². The van der Waals surface area contributed by atoms with Crippen molar-refractivity contribution in [3.8, 4) is 23.7 Å². The molecular weight excluding hydrogens is 705 g/mol. The monoisotopic (exact) mass is 766 g/mol. The van der Waals surface area contributed by atoms with Crippen LogP contribution >= 0.6 is 45.3 Å².